The fourth-order valence-electron chi connectivity index (χ4n) is 4.46. The molecule has 3 N–H and O–H groups in total. The third-order valence-corrected chi connectivity index (χ3v) is 6.85. The fourth-order valence-corrected chi connectivity index (χ4v) is 5.24. The van der Waals surface area contributed by atoms with Crippen LogP contribution in [0.3, 0.4) is 0 Å². The van der Waals surface area contributed by atoms with Gasteiger partial charge in [0.15, 0.2) is 11.5 Å². The number of nitrogens with one attached hydrogen (secondary N) is 1. The van der Waals surface area contributed by atoms with Crippen LogP contribution in [0, 0.1) is 21.8 Å². The minimum Gasteiger partial charge on any atom is -0.490 e. The number of nitrogens with two attached hydrogens (primary N) is 1. The monoisotopic (exact) mass is 578 g/mol. The molecule has 0 aliphatic carbocycles. The molecule has 3 aromatic carbocycles. The molecule has 2 heterocycles. The van der Waals surface area contributed by atoms with Gasteiger partial charge in [0.2, 0.25) is 11.8 Å². The number of halogens is 1. The van der Waals surface area contributed by atoms with E-state index in [4.69, 9.17) is 19.9 Å². The molecule has 0 saturated carbocycles. The second kappa shape index (κ2) is 9.50. The van der Waals surface area contributed by atoms with Gasteiger partial charge in [-0.2, -0.15) is 5.26 Å². The summed E-state index contributed by atoms with van der Waals surface area (Å²) in [7, 11) is 0. The van der Waals surface area contributed by atoms with Crippen LogP contribution in [0.2, 0.25) is 0 Å². The maximum absolute atomic E-state index is 9.88. The molecule has 176 valence electrons. The molecule has 0 amide bonds. The maximum atomic E-state index is 9.88. The number of hydrogen-bond acceptors (Lipinski definition) is 6. The molecule has 0 fully saturated rings. The number of nitrogens with zero attached hydrogens (tertiary/aromatic N) is 2. The predicted molar refractivity (Wildman–Crippen MR) is 141 cm³/mol. The number of rotatable bonds is 6. The van der Waals surface area contributed by atoms with Crippen LogP contribution in [-0.4, -0.2) is 16.8 Å². The number of ether oxygens (including phenoxy) is 3. The first-order valence-electron chi connectivity index (χ1n) is 11.2. The van der Waals surface area contributed by atoms with Gasteiger partial charge >= 0.3 is 0 Å². The number of aromatic nitrogens is 2. The van der Waals surface area contributed by atoms with E-state index >= 15 is 0 Å². The number of aryl methyl sites for hydroxylation is 1. The normalized spacial score (nSPS) is 14.9. The summed E-state index contributed by atoms with van der Waals surface area (Å²) in [5.41, 5.74) is 9.97. The Bertz CT molecular complexity index is 1500. The molecule has 0 bridgehead atoms. The van der Waals surface area contributed by atoms with Crippen LogP contribution in [0.15, 0.2) is 66.1 Å². The van der Waals surface area contributed by atoms with Gasteiger partial charge in [0.05, 0.1) is 16.1 Å². The van der Waals surface area contributed by atoms with Gasteiger partial charge in [-0.3, -0.25) is 5.10 Å². The lowest BCUT2D eigenvalue weighted by atomic mass is 9.84. The van der Waals surface area contributed by atoms with Gasteiger partial charge in [-0.15, -0.1) is 5.10 Å². The highest BCUT2D eigenvalue weighted by molar-refractivity contribution is 14.1. The van der Waals surface area contributed by atoms with E-state index in [9.17, 15) is 5.26 Å². The molecule has 8 heteroatoms. The summed E-state index contributed by atoms with van der Waals surface area (Å²) in [6, 6.07) is 20.6. The van der Waals surface area contributed by atoms with Gasteiger partial charge in [-0.25, -0.2) is 0 Å². The van der Waals surface area contributed by atoms with Crippen LogP contribution < -0.4 is 19.9 Å². The zero-order valence-corrected chi connectivity index (χ0v) is 21.4. The Morgan fingerprint density at radius 2 is 1.97 bits per heavy atom. The van der Waals surface area contributed by atoms with Crippen LogP contribution in [0.5, 0.6) is 17.4 Å². The zero-order valence-electron chi connectivity index (χ0n) is 19.3. The van der Waals surface area contributed by atoms with E-state index in [1.54, 1.807) is 0 Å². The Balaban J connectivity index is 1.55. The Morgan fingerprint density at radius 3 is 2.77 bits per heavy atom. The fraction of sp³-hybridized carbons (Fsp3) is 0.185. The molecule has 0 radical (unpaired) electrons. The van der Waals surface area contributed by atoms with Gasteiger partial charge in [-0.1, -0.05) is 42.5 Å². The summed E-state index contributed by atoms with van der Waals surface area (Å²) in [6.07, 6.45) is 0. The Labute approximate surface area is 216 Å². The molecule has 1 atom stereocenters. The molecule has 5 rings (SSSR count). The van der Waals surface area contributed by atoms with Gasteiger partial charge in [0.1, 0.15) is 18.2 Å². The van der Waals surface area contributed by atoms with Crippen molar-refractivity contribution in [3.8, 4) is 23.4 Å². The highest BCUT2D eigenvalue weighted by Crippen LogP contribution is 2.46. The summed E-state index contributed by atoms with van der Waals surface area (Å²) in [4.78, 5) is 0. The lowest BCUT2D eigenvalue weighted by molar-refractivity contribution is 0.268. The number of aromatic amines is 1. The lowest BCUT2D eigenvalue weighted by Crippen LogP contribution is -2.21. The molecule has 4 aromatic rings. The first-order valence-corrected chi connectivity index (χ1v) is 12.3. The molecular weight excluding hydrogens is 555 g/mol. The van der Waals surface area contributed by atoms with Crippen molar-refractivity contribution in [1.82, 2.24) is 10.2 Å². The highest BCUT2D eigenvalue weighted by atomic mass is 127. The quantitative estimate of drug-likeness (QED) is 0.286. The Kier molecular flexibility index (Phi) is 6.26. The van der Waals surface area contributed by atoms with Crippen molar-refractivity contribution in [3.05, 3.63) is 92.0 Å². The first-order chi connectivity index (χ1) is 17.0. The average Bonchev–Trinajstić information content (AvgIpc) is 3.22. The third kappa shape index (κ3) is 4.17. The van der Waals surface area contributed by atoms with Crippen LogP contribution >= 0.6 is 22.6 Å². The number of fused-ring (bicyclic) bond motifs is 2. The van der Waals surface area contributed by atoms with Crippen LogP contribution in [0.4, 0.5) is 0 Å². The number of benzene rings is 3. The molecule has 35 heavy (non-hydrogen) atoms. The summed E-state index contributed by atoms with van der Waals surface area (Å²) >= 11 is 2.25. The standard InChI is InChI=1S/C27H23IN4O3/c1-3-33-22-12-18(24-20(13-29)26(30)35-27-23(24)15(2)31-32-27)11-21(28)25(22)34-14-17-9-6-8-16-7-4-5-10-19(16)17/h4-12,24H,3,14,30H2,1-2H3,(H,31,32)/t24-/m0/s1. The summed E-state index contributed by atoms with van der Waals surface area (Å²) < 4.78 is 18.8. The van der Waals surface area contributed by atoms with Gasteiger partial charge in [-0.05, 0) is 70.5 Å². The van der Waals surface area contributed by atoms with Gasteiger partial charge < -0.3 is 19.9 Å². The third-order valence-electron chi connectivity index (χ3n) is 6.05. The van der Waals surface area contributed by atoms with Gasteiger partial charge in [0, 0.05) is 11.3 Å². The molecule has 7 nitrogen and oxygen atoms in total. The van der Waals surface area contributed by atoms with E-state index < -0.39 is 5.92 Å². The van der Waals surface area contributed by atoms with Crippen molar-refractivity contribution in [2.24, 2.45) is 5.73 Å². The molecule has 1 aliphatic rings. The van der Waals surface area contributed by atoms with Crippen molar-refractivity contribution in [2.75, 3.05) is 6.61 Å². The van der Waals surface area contributed by atoms with E-state index in [1.807, 2.05) is 44.2 Å². The van der Waals surface area contributed by atoms with Crippen molar-refractivity contribution >= 4 is 33.4 Å². The molecule has 1 aliphatic heterocycles. The van der Waals surface area contributed by atoms with Crippen molar-refractivity contribution < 1.29 is 14.2 Å². The van der Waals surface area contributed by atoms with E-state index in [1.165, 1.54) is 5.39 Å². The topological polar surface area (TPSA) is 106 Å². The summed E-state index contributed by atoms with van der Waals surface area (Å²) in [5.74, 6) is 1.28. The van der Waals surface area contributed by atoms with E-state index in [2.05, 4.69) is 63.1 Å². The molecular formula is C27H23IN4O3. The van der Waals surface area contributed by atoms with Crippen LogP contribution in [0.1, 0.15) is 35.2 Å². The highest BCUT2D eigenvalue weighted by Gasteiger charge is 2.35. The molecule has 0 spiro atoms. The van der Waals surface area contributed by atoms with E-state index in [-0.39, 0.29) is 5.88 Å². The number of allylic oxidation sites excluding steroid dienone is 1. The zero-order chi connectivity index (χ0) is 24.5. The van der Waals surface area contributed by atoms with Crippen LogP contribution in [-0.2, 0) is 6.61 Å². The second-order valence-electron chi connectivity index (χ2n) is 8.18. The maximum Gasteiger partial charge on any atom is 0.244 e. The molecule has 0 unspecified atom stereocenters. The molecule has 1 aromatic heterocycles. The lowest BCUT2D eigenvalue weighted by Gasteiger charge is -2.25. The number of hydrogen-bond donors (Lipinski definition) is 2. The SMILES string of the molecule is CCOc1cc([C@H]2C(C#N)=C(N)Oc3n[nH]c(C)c32)cc(I)c1OCc1cccc2ccccc12. The van der Waals surface area contributed by atoms with Crippen molar-refractivity contribution in [1.29, 1.82) is 5.26 Å². The largest absolute Gasteiger partial charge is 0.490 e. The predicted octanol–water partition coefficient (Wildman–Crippen LogP) is 5.67. The summed E-state index contributed by atoms with van der Waals surface area (Å²) in [6.45, 7) is 4.69. The van der Waals surface area contributed by atoms with Crippen LogP contribution in [0.25, 0.3) is 10.8 Å². The second-order valence-corrected chi connectivity index (χ2v) is 9.34. The Morgan fingerprint density at radius 1 is 1.17 bits per heavy atom. The van der Waals surface area contributed by atoms with Gasteiger partial charge in [0.25, 0.3) is 0 Å². The average molecular weight is 578 g/mol. The molecule has 0 saturated heterocycles. The number of nitriles is 1. The van der Waals surface area contributed by atoms with Crippen molar-refractivity contribution in [2.45, 2.75) is 26.4 Å². The van der Waals surface area contributed by atoms with E-state index in [0.29, 0.717) is 36.2 Å². The number of H-pyrrole nitrogens is 1. The first kappa shape index (κ1) is 23.1. The smallest absolute Gasteiger partial charge is 0.244 e. The summed E-state index contributed by atoms with van der Waals surface area (Å²) in [5, 5.41) is 19.4. The Hall–Kier alpha value is -3.71. The van der Waals surface area contributed by atoms with E-state index in [0.717, 1.165) is 31.3 Å². The van der Waals surface area contributed by atoms with Crippen molar-refractivity contribution in [3.63, 3.8) is 0 Å². The minimum atomic E-state index is -0.428. The minimum absolute atomic E-state index is 0.0563.